The fraction of sp³-hybridized carbons (Fsp3) is 0.867. The van der Waals surface area contributed by atoms with Gasteiger partial charge in [-0.1, -0.05) is 33.6 Å². The second-order valence-corrected chi connectivity index (χ2v) is 6.00. The monoisotopic (exact) mass is 252 g/mol. The van der Waals surface area contributed by atoms with Crippen LogP contribution in [-0.4, -0.2) is 37.9 Å². The van der Waals surface area contributed by atoms with Gasteiger partial charge in [0.05, 0.1) is 18.2 Å². The van der Waals surface area contributed by atoms with E-state index in [-0.39, 0.29) is 18.2 Å². The SMILES string of the molecule is C#C[C@]1(NC)[C@H](C(C)C)O[C@H](CC(C)C)[C@@H]1NC. The van der Waals surface area contributed by atoms with Gasteiger partial charge in [0, 0.05) is 0 Å². The molecular formula is C15H28N2O. The highest BCUT2D eigenvalue weighted by Crippen LogP contribution is 2.37. The highest BCUT2D eigenvalue weighted by molar-refractivity contribution is 5.27. The summed E-state index contributed by atoms with van der Waals surface area (Å²) in [5, 5.41) is 6.71. The number of nitrogens with one attached hydrogen (secondary N) is 2. The first-order chi connectivity index (χ1) is 8.42. The van der Waals surface area contributed by atoms with Crippen LogP contribution in [0.3, 0.4) is 0 Å². The van der Waals surface area contributed by atoms with Crippen LogP contribution in [0.1, 0.15) is 34.1 Å². The first kappa shape index (κ1) is 15.5. The number of terminal acetylenes is 1. The molecule has 4 atom stereocenters. The normalized spacial score (nSPS) is 36.3. The molecule has 1 fully saturated rings. The van der Waals surface area contributed by atoms with Crippen LogP contribution in [0.25, 0.3) is 0 Å². The maximum absolute atomic E-state index is 6.27. The van der Waals surface area contributed by atoms with Crippen LogP contribution in [0.15, 0.2) is 0 Å². The van der Waals surface area contributed by atoms with Gasteiger partial charge >= 0.3 is 0 Å². The minimum Gasteiger partial charge on any atom is -0.370 e. The van der Waals surface area contributed by atoms with E-state index in [9.17, 15) is 0 Å². The smallest absolute Gasteiger partial charge is 0.124 e. The minimum atomic E-state index is -0.414. The summed E-state index contributed by atoms with van der Waals surface area (Å²) in [7, 11) is 3.90. The average Bonchev–Trinajstić information content (AvgIpc) is 2.62. The van der Waals surface area contributed by atoms with E-state index < -0.39 is 5.54 Å². The Morgan fingerprint density at radius 3 is 2.22 bits per heavy atom. The van der Waals surface area contributed by atoms with Crippen molar-refractivity contribution < 1.29 is 4.74 Å². The molecule has 1 rings (SSSR count). The summed E-state index contributed by atoms with van der Waals surface area (Å²) in [6, 6.07) is 0.155. The lowest BCUT2D eigenvalue weighted by atomic mass is 9.80. The molecule has 0 amide bonds. The number of ether oxygens (including phenoxy) is 1. The van der Waals surface area contributed by atoms with Gasteiger partial charge in [-0.2, -0.15) is 0 Å². The molecule has 3 nitrogen and oxygen atoms in total. The van der Waals surface area contributed by atoms with Crippen molar-refractivity contribution in [3.05, 3.63) is 0 Å². The van der Waals surface area contributed by atoms with E-state index in [1.807, 2.05) is 14.1 Å². The first-order valence-electron chi connectivity index (χ1n) is 6.92. The molecule has 1 aliphatic rings. The molecule has 0 aromatic carbocycles. The van der Waals surface area contributed by atoms with Crippen LogP contribution in [-0.2, 0) is 4.74 Å². The highest BCUT2D eigenvalue weighted by Gasteiger charge is 2.55. The van der Waals surface area contributed by atoms with E-state index in [1.165, 1.54) is 0 Å². The molecule has 0 spiro atoms. The Hall–Kier alpha value is -0.560. The molecule has 2 N–H and O–H groups in total. The van der Waals surface area contributed by atoms with E-state index in [4.69, 9.17) is 11.2 Å². The summed E-state index contributed by atoms with van der Waals surface area (Å²) >= 11 is 0. The standard InChI is InChI=1S/C15H28N2O/c1-8-15(17-7)13(16-6)12(9-10(2)3)18-14(15)11(4)5/h1,10-14,16-17H,9H2,2-7H3/t12-,13+,14+,15-/m1/s1. The fourth-order valence-electron chi connectivity index (χ4n) is 3.14. The third-order valence-electron chi connectivity index (χ3n) is 3.91. The molecule has 3 heteroatoms. The number of hydrogen-bond donors (Lipinski definition) is 2. The Kier molecular flexibility index (Phi) is 5.21. The lowest BCUT2D eigenvalue weighted by Crippen LogP contribution is -2.62. The van der Waals surface area contributed by atoms with Gasteiger partial charge in [0.1, 0.15) is 5.54 Å². The molecule has 1 heterocycles. The summed E-state index contributed by atoms with van der Waals surface area (Å²) < 4.78 is 6.27. The Morgan fingerprint density at radius 1 is 1.28 bits per heavy atom. The molecule has 0 bridgehead atoms. The van der Waals surface area contributed by atoms with E-state index >= 15 is 0 Å². The van der Waals surface area contributed by atoms with Crippen molar-refractivity contribution in [2.24, 2.45) is 11.8 Å². The van der Waals surface area contributed by atoms with Crippen LogP contribution in [0, 0.1) is 24.2 Å². The van der Waals surface area contributed by atoms with Crippen molar-refractivity contribution in [1.29, 1.82) is 0 Å². The molecule has 1 aliphatic heterocycles. The maximum atomic E-state index is 6.27. The van der Waals surface area contributed by atoms with E-state index in [0.717, 1.165) is 6.42 Å². The zero-order chi connectivity index (χ0) is 13.9. The first-order valence-corrected chi connectivity index (χ1v) is 6.92. The Morgan fingerprint density at radius 2 is 1.89 bits per heavy atom. The van der Waals surface area contributed by atoms with Crippen molar-refractivity contribution in [3.63, 3.8) is 0 Å². The molecule has 0 aromatic heterocycles. The summed E-state index contributed by atoms with van der Waals surface area (Å²) in [6.45, 7) is 8.77. The molecule has 0 aliphatic carbocycles. The van der Waals surface area contributed by atoms with Gasteiger partial charge in [0.2, 0.25) is 0 Å². The molecule has 18 heavy (non-hydrogen) atoms. The molecule has 0 radical (unpaired) electrons. The zero-order valence-electron chi connectivity index (χ0n) is 12.6. The van der Waals surface area contributed by atoms with Crippen molar-refractivity contribution >= 4 is 0 Å². The van der Waals surface area contributed by atoms with E-state index in [1.54, 1.807) is 0 Å². The topological polar surface area (TPSA) is 33.3 Å². The Balaban J connectivity index is 3.07. The van der Waals surface area contributed by atoms with Crippen molar-refractivity contribution in [1.82, 2.24) is 10.6 Å². The number of hydrogen-bond acceptors (Lipinski definition) is 3. The van der Waals surface area contributed by atoms with Gasteiger partial charge in [-0.25, -0.2) is 0 Å². The van der Waals surface area contributed by atoms with Crippen LogP contribution >= 0.6 is 0 Å². The van der Waals surface area contributed by atoms with Crippen molar-refractivity contribution in [2.75, 3.05) is 14.1 Å². The lowest BCUT2D eigenvalue weighted by Gasteiger charge is -2.35. The summed E-state index contributed by atoms with van der Waals surface area (Å²) in [5.74, 6) is 3.96. The highest BCUT2D eigenvalue weighted by atomic mass is 16.5. The predicted molar refractivity (Wildman–Crippen MR) is 76.4 cm³/mol. The zero-order valence-corrected chi connectivity index (χ0v) is 12.6. The second-order valence-electron chi connectivity index (χ2n) is 6.00. The third-order valence-corrected chi connectivity index (χ3v) is 3.91. The van der Waals surface area contributed by atoms with Crippen LogP contribution in [0.2, 0.25) is 0 Å². The van der Waals surface area contributed by atoms with Crippen molar-refractivity contribution in [2.45, 2.75) is 57.9 Å². The predicted octanol–water partition coefficient (Wildman–Crippen LogP) is 1.64. The fourth-order valence-corrected chi connectivity index (χ4v) is 3.14. The number of likely N-dealkylation sites (N-methyl/N-ethyl adjacent to an activating group) is 2. The van der Waals surface area contributed by atoms with Gasteiger partial charge in [-0.05, 0) is 32.4 Å². The second kappa shape index (κ2) is 6.06. The van der Waals surface area contributed by atoms with Gasteiger partial charge < -0.3 is 15.4 Å². The van der Waals surface area contributed by atoms with Gasteiger partial charge in [-0.15, -0.1) is 6.42 Å². The summed E-state index contributed by atoms with van der Waals surface area (Å²) in [4.78, 5) is 0. The lowest BCUT2D eigenvalue weighted by molar-refractivity contribution is -0.00461. The molecular weight excluding hydrogens is 224 g/mol. The quantitative estimate of drug-likeness (QED) is 0.730. The Bertz CT molecular complexity index is 308. The average molecular weight is 252 g/mol. The van der Waals surface area contributed by atoms with E-state index in [2.05, 4.69) is 44.2 Å². The van der Waals surface area contributed by atoms with Crippen LogP contribution in [0.4, 0.5) is 0 Å². The van der Waals surface area contributed by atoms with Gasteiger partial charge in [0.25, 0.3) is 0 Å². The third kappa shape index (κ3) is 2.56. The van der Waals surface area contributed by atoms with Gasteiger partial charge in [-0.3, -0.25) is 0 Å². The molecule has 0 unspecified atom stereocenters. The molecule has 0 saturated carbocycles. The molecule has 104 valence electrons. The Labute approximate surface area is 112 Å². The minimum absolute atomic E-state index is 0.0497. The largest absolute Gasteiger partial charge is 0.370 e. The van der Waals surface area contributed by atoms with E-state index in [0.29, 0.717) is 11.8 Å². The summed E-state index contributed by atoms with van der Waals surface area (Å²) in [5.41, 5.74) is -0.414. The van der Waals surface area contributed by atoms with Gasteiger partial charge in [0.15, 0.2) is 0 Å². The molecule has 1 saturated heterocycles. The van der Waals surface area contributed by atoms with Crippen LogP contribution < -0.4 is 10.6 Å². The summed E-state index contributed by atoms with van der Waals surface area (Å²) in [6.07, 6.45) is 7.08. The van der Waals surface area contributed by atoms with Crippen LogP contribution in [0.5, 0.6) is 0 Å². The maximum Gasteiger partial charge on any atom is 0.124 e. The van der Waals surface area contributed by atoms with Crippen molar-refractivity contribution in [3.8, 4) is 12.3 Å². The number of rotatable bonds is 5. The molecule has 0 aromatic rings.